The molecule has 1 rings (SSSR count). The molecule has 6 nitrogen and oxygen atoms in total. The van der Waals surface area contributed by atoms with Crippen molar-refractivity contribution in [2.24, 2.45) is 0 Å². The second-order valence-electron chi connectivity index (χ2n) is 5.16. The Balaban J connectivity index is 2.28. The summed E-state index contributed by atoms with van der Waals surface area (Å²) in [4.78, 5) is 11.7. The molecule has 1 aromatic rings. The van der Waals surface area contributed by atoms with Gasteiger partial charge >= 0.3 is 0 Å². The number of amides is 1. The molecule has 8 heteroatoms. The van der Waals surface area contributed by atoms with Gasteiger partial charge in [-0.1, -0.05) is 0 Å². The lowest BCUT2D eigenvalue weighted by Crippen LogP contribution is -2.31. The molecular weight excluding hydrogens is 311 g/mol. The topological polar surface area (TPSA) is 95.5 Å². The first-order valence-corrected chi connectivity index (χ1v) is 8.54. The number of hydrogen-bond acceptors (Lipinski definition) is 4. The Morgan fingerprint density at radius 2 is 2.00 bits per heavy atom. The summed E-state index contributed by atoms with van der Waals surface area (Å²) in [6.45, 7) is 3.47. The summed E-state index contributed by atoms with van der Waals surface area (Å²) in [6.07, 6.45) is 1.26. The van der Waals surface area contributed by atoms with Gasteiger partial charge in [-0.05, 0) is 38.8 Å². The van der Waals surface area contributed by atoms with E-state index in [0.29, 0.717) is 18.5 Å². The average Bonchev–Trinajstić information content (AvgIpc) is 2.42. The standard InChI is InChI=1S/C14H21FN2O4S/c1-10(2)22(20,21)16-8-4-3-5-14(19)17-11-6-7-12(15)13(18)9-11/h6-7,9-10,16,18H,3-5,8H2,1-2H3,(H,17,19). The van der Waals surface area contributed by atoms with Gasteiger partial charge in [-0.15, -0.1) is 0 Å². The van der Waals surface area contributed by atoms with Crippen LogP contribution in [0.15, 0.2) is 18.2 Å². The zero-order valence-electron chi connectivity index (χ0n) is 12.6. The van der Waals surface area contributed by atoms with Crippen molar-refractivity contribution >= 4 is 21.6 Å². The molecule has 3 N–H and O–H groups in total. The Labute approximate surface area is 129 Å². The smallest absolute Gasteiger partial charge is 0.224 e. The minimum absolute atomic E-state index is 0.210. The second kappa shape index (κ2) is 8.09. The number of carbonyl (C=O) groups is 1. The number of sulfonamides is 1. The number of aromatic hydroxyl groups is 1. The van der Waals surface area contributed by atoms with E-state index in [9.17, 15) is 22.7 Å². The maximum atomic E-state index is 12.9. The van der Waals surface area contributed by atoms with Gasteiger partial charge in [0.2, 0.25) is 15.9 Å². The molecule has 0 saturated heterocycles. The maximum absolute atomic E-state index is 12.9. The van der Waals surface area contributed by atoms with Gasteiger partial charge in [0.15, 0.2) is 11.6 Å². The molecule has 0 aliphatic rings. The van der Waals surface area contributed by atoms with Gasteiger partial charge in [0.1, 0.15) is 0 Å². The van der Waals surface area contributed by atoms with Crippen LogP contribution in [0, 0.1) is 5.82 Å². The van der Waals surface area contributed by atoms with Crippen LogP contribution in [0.1, 0.15) is 33.1 Å². The van der Waals surface area contributed by atoms with Crippen molar-refractivity contribution in [2.45, 2.75) is 38.4 Å². The van der Waals surface area contributed by atoms with Gasteiger partial charge in [0.05, 0.1) is 5.25 Å². The molecule has 0 fully saturated rings. The third-order valence-corrected chi connectivity index (χ3v) is 4.83. The Morgan fingerprint density at radius 1 is 1.32 bits per heavy atom. The summed E-state index contributed by atoms with van der Waals surface area (Å²) >= 11 is 0. The molecule has 0 aliphatic carbocycles. The highest BCUT2D eigenvalue weighted by molar-refractivity contribution is 7.90. The zero-order valence-corrected chi connectivity index (χ0v) is 13.4. The fraction of sp³-hybridized carbons (Fsp3) is 0.500. The summed E-state index contributed by atoms with van der Waals surface area (Å²) in [6, 6.07) is 3.54. The minimum Gasteiger partial charge on any atom is -0.505 e. The predicted octanol–water partition coefficient (Wildman–Crippen LogP) is 1.97. The number of hydrogen-bond donors (Lipinski definition) is 3. The fourth-order valence-electron chi connectivity index (χ4n) is 1.61. The SMILES string of the molecule is CC(C)S(=O)(=O)NCCCCC(=O)Nc1ccc(F)c(O)c1. The molecule has 0 atom stereocenters. The largest absolute Gasteiger partial charge is 0.505 e. The summed E-state index contributed by atoms with van der Waals surface area (Å²) < 4.78 is 38.3. The molecule has 0 aliphatic heterocycles. The van der Waals surface area contributed by atoms with E-state index < -0.39 is 26.8 Å². The number of phenolic OH excluding ortho intramolecular Hbond substituents is 1. The zero-order chi connectivity index (χ0) is 16.8. The highest BCUT2D eigenvalue weighted by Crippen LogP contribution is 2.20. The van der Waals surface area contributed by atoms with Crippen LogP contribution >= 0.6 is 0 Å². The number of phenols is 1. The van der Waals surface area contributed by atoms with Crippen LogP contribution in [-0.4, -0.2) is 31.2 Å². The summed E-state index contributed by atoms with van der Waals surface area (Å²) in [7, 11) is -3.27. The monoisotopic (exact) mass is 332 g/mol. The van der Waals surface area contributed by atoms with E-state index in [0.717, 1.165) is 12.1 Å². The summed E-state index contributed by atoms with van der Waals surface area (Å²) in [5.41, 5.74) is 0.310. The average molecular weight is 332 g/mol. The number of nitrogens with one attached hydrogen (secondary N) is 2. The molecule has 0 bridgehead atoms. The molecule has 0 radical (unpaired) electrons. The van der Waals surface area contributed by atoms with Crippen molar-refractivity contribution in [3.05, 3.63) is 24.0 Å². The van der Waals surface area contributed by atoms with Gasteiger partial charge in [-0.25, -0.2) is 17.5 Å². The van der Waals surface area contributed by atoms with Gasteiger partial charge in [-0.3, -0.25) is 4.79 Å². The normalized spacial score (nSPS) is 11.6. The number of anilines is 1. The predicted molar refractivity (Wildman–Crippen MR) is 82.6 cm³/mol. The molecule has 22 heavy (non-hydrogen) atoms. The van der Waals surface area contributed by atoms with Gasteiger partial charge < -0.3 is 10.4 Å². The minimum atomic E-state index is -3.27. The first kappa shape index (κ1) is 18.4. The lowest BCUT2D eigenvalue weighted by atomic mass is 10.2. The Bertz CT molecular complexity index is 617. The van der Waals surface area contributed by atoms with Crippen molar-refractivity contribution in [2.75, 3.05) is 11.9 Å². The maximum Gasteiger partial charge on any atom is 0.224 e. The number of carbonyl (C=O) groups excluding carboxylic acids is 1. The Hall–Kier alpha value is -1.67. The molecule has 0 unspecified atom stereocenters. The van der Waals surface area contributed by atoms with E-state index in [1.165, 1.54) is 6.07 Å². The van der Waals surface area contributed by atoms with E-state index in [4.69, 9.17) is 0 Å². The first-order chi connectivity index (χ1) is 10.2. The number of unbranched alkanes of at least 4 members (excludes halogenated alkanes) is 1. The fourth-order valence-corrected chi connectivity index (χ4v) is 2.37. The molecule has 0 spiro atoms. The molecule has 0 saturated carbocycles. The number of rotatable bonds is 8. The number of halogens is 1. The molecule has 0 aromatic heterocycles. The molecule has 1 amide bonds. The molecular formula is C14H21FN2O4S. The Morgan fingerprint density at radius 3 is 2.59 bits per heavy atom. The van der Waals surface area contributed by atoms with Crippen LogP contribution in [0.4, 0.5) is 10.1 Å². The highest BCUT2D eigenvalue weighted by atomic mass is 32.2. The molecule has 0 heterocycles. The van der Waals surface area contributed by atoms with Crippen LogP contribution in [-0.2, 0) is 14.8 Å². The van der Waals surface area contributed by atoms with Gasteiger partial charge in [0, 0.05) is 24.7 Å². The van der Waals surface area contributed by atoms with E-state index in [1.807, 2.05) is 0 Å². The van der Waals surface area contributed by atoms with Crippen molar-refractivity contribution in [1.82, 2.24) is 4.72 Å². The number of benzene rings is 1. The molecule has 1 aromatic carbocycles. The summed E-state index contributed by atoms with van der Waals surface area (Å²) in [5, 5.41) is 11.2. The second-order valence-corrected chi connectivity index (χ2v) is 7.48. The van der Waals surface area contributed by atoms with Crippen LogP contribution in [0.3, 0.4) is 0 Å². The summed E-state index contributed by atoms with van der Waals surface area (Å²) in [5.74, 6) is -1.56. The Kier molecular flexibility index (Phi) is 6.76. The third kappa shape index (κ3) is 5.98. The van der Waals surface area contributed by atoms with Crippen molar-refractivity contribution in [1.29, 1.82) is 0 Å². The lowest BCUT2D eigenvalue weighted by Gasteiger charge is -2.09. The van der Waals surface area contributed by atoms with Gasteiger partial charge in [-0.2, -0.15) is 0 Å². The first-order valence-electron chi connectivity index (χ1n) is 6.99. The quantitative estimate of drug-likeness (QED) is 0.634. The lowest BCUT2D eigenvalue weighted by molar-refractivity contribution is -0.116. The van der Waals surface area contributed by atoms with Crippen molar-refractivity contribution < 1.29 is 22.7 Å². The van der Waals surface area contributed by atoms with Crippen molar-refractivity contribution in [3.8, 4) is 5.75 Å². The van der Waals surface area contributed by atoms with Gasteiger partial charge in [0.25, 0.3) is 0 Å². The third-order valence-electron chi connectivity index (χ3n) is 2.98. The van der Waals surface area contributed by atoms with E-state index in [1.54, 1.807) is 13.8 Å². The molecule has 124 valence electrons. The van der Waals surface area contributed by atoms with Crippen LogP contribution < -0.4 is 10.0 Å². The van der Waals surface area contributed by atoms with Crippen LogP contribution in [0.5, 0.6) is 5.75 Å². The van der Waals surface area contributed by atoms with E-state index in [-0.39, 0.29) is 18.9 Å². The van der Waals surface area contributed by atoms with E-state index in [2.05, 4.69) is 10.0 Å². The van der Waals surface area contributed by atoms with Crippen molar-refractivity contribution in [3.63, 3.8) is 0 Å². The highest BCUT2D eigenvalue weighted by Gasteiger charge is 2.14. The van der Waals surface area contributed by atoms with E-state index >= 15 is 0 Å². The van der Waals surface area contributed by atoms with Crippen LogP contribution in [0.25, 0.3) is 0 Å². The van der Waals surface area contributed by atoms with Crippen LogP contribution in [0.2, 0.25) is 0 Å².